The van der Waals surface area contributed by atoms with Gasteiger partial charge in [-0.3, -0.25) is 0 Å². The van der Waals surface area contributed by atoms with Crippen LogP contribution in [0.2, 0.25) is 0 Å². The molecule has 0 unspecified atom stereocenters. The third-order valence-corrected chi connectivity index (χ3v) is 1.98. The van der Waals surface area contributed by atoms with Crippen molar-refractivity contribution in [2.45, 2.75) is 12.5 Å². The van der Waals surface area contributed by atoms with Crippen LogP contribution < -0.4 is 4.74 Å². The summed E-state index contributed by atoms with van der Waals surface area (Å²) in [5, 5.41) is 9.45. The third kappa shape index (κ3) is 1.16. The van der Waals surface area contributed by atoms with E-state index >= 15 is 0 Å². The number of benzene rings is 1. The van der Waals surface area contributed by atoms with E-state index in [4.69, 9.17) is 4.74 Å². The maximum absolute atomic E-state index is 12.7. The van der Waals surface area contributed by atoms with Crippen molar-refractivity contribution < 1.29 is 14.2 Å². The van der Waals surface area contributed by atoms with E-state index in [0.29, 0.717) is 24.3 Å². The van der Waals surface area contributed by atoms with Crippen LogP contribution in [0.5, 0.6) is 5.75 Å². The summed E-state index contributed by atoms with van der Waals surface area (Å²) in [4.78, 5) is 0. The van der Waals surface area contributed by atoms with E-state index in [1.54, 1.807) is 6.07 Å². The molecule has 0 amide bonds. The van der Waals surface area contributed by atoms with Gasteiger partial charge in [-0.25, -0.2) is 4.39 Å². The number of fused-ring (bicyclic) bond motifs is 1. The van der Waals surface area contributed by atoms with Crippen molar-refractivity contribution in [3.8, 4) is 5.75 Å². The Bertz CT molecular complexity index is 299. The van der Waals surface area contributed by atoms with Crippen molar-refractivity contribution >= 4 is 0 Å². The van der Waals surface area contributed by atoms with E-state index < -0.39 is 6.10 Å². The topological polar surface area (TPSA) is 29.5 Å². The molecular weight excluding hydrogens is 159 g/mol. The Morgan fingerprint density at radius 1 is 1.50 bits per heavy atom. The average molecular weight is 168 g/mol. The Hall–Kier alpha value is -1.09. The van der Waals surface area contributed by atoms with Crippen LogP contribution in [0.15, 0.2) is 18.2 Å². The average Bonchev–Trinajstić information content (AvgIpc) is 2.04. The van der Waals surface area contributed by atoms with E-state index in [9.17, 15) is 9.50 Å². The Morgan fingerprint density at radius 3 is 3.17 bits per heavy atom. The van der Waals surface area contributed by atoms with E-state index in [0.717, 1.165) is 0 Å². The minimum absolute atomic E-state index is 0.331. The molecule has 1 N–H and O–H groups in total. The molecule has 64 valence electrons. The van der Waals surface area contributed by atoms with Gasteiger partial charge in [0.2, 0.25) is 0 Å². The van der Waals surface area contributed by atoms with Crippen LogP contribution in [0.3, 0.4) is 0 Å². The summed E-state index contributed by atoms with van der Waals surface area (Å²) in [5.41, 5.74) is 0.683. The van der Waals surface area contributed by atoms with Gasteiger partial charge in [-0.2, -0.15) is 0 Å². The quantitative estimate of drug-likeness (QED) is 0.638. The molecule has 1 heterocycles. The Kier molecular flexibility index (Phi) is 1.73. The van der Waals surface area contributed by atoms with Crippen LogP contribution in [0.4, 0.5) is 4.39 Å². The summed E-state index contributed by atoms with van der Waals surface area (Å²) in [6.45, 7) is 0.456. The lowest BCUT2D eigenvalue weighted by molar-refractivity contribution is 0.115. The van der Waals surface area contributed by atoms with E-state index in [1.807, 2.05) is 0 Å². The SMILES string of the molecule is O[C@@H]1CCOc2cc(F)ccc21. The van der Waals surface area contributed by atoms with Gasteiger partial charge in [-0.05, 0) is 12.1 Å². The second-order valence-electron chi connectivity index (χ2n) is 2.84. The van der Waals surface area contributed by atoms with E-state index in [2.05, 4.69) is 0 Å². The number of hydrogen-bond acceptors (Lipinski definition) is 2. The molecule has 1 aromatic rings. The molecule has 3 heteroatoms. The number of ether oxygens (including phenoxy) is 1. The van der Waals surface area contributed by atoms with Gasteiger partial charge in [0.25, 0.3) is 0 Å². The number of hydrogen-bond donors (Lipinski definition) is 1. The normalized spacial score (nSPS) is 21.3. The minimum Gasteiger partial charge on any atom is -0.493 e. The highest BCUT2D eigenvalue weighted by Gasteiger charge is 2.18. The standard InChI is InChI=1S/C9H9FO2/c10-6-1-2-7-8(11)3-4-12-9(7)5-6/h1-2,5,8,11H,3-4H2/t8-/m1/s1. The third-order valence-electron chi connectivity index (χ3n) is 1.98. The zero-order valence-electron chi connectivity index (χ0n) is 6.46. The van der Waals surface area contributed by atoms with Crippen molar-refractivity contribution in [1.29, 1.82) is 0 Å². The van der Waals surface area contributed by atoms with Crippen LogP contribution in [-0.4, -0.2) is 11.7 Å². The van der Waals surface area contributed by atoms with Gasteiger partial charge in [0.1, 0.15) is 11.6 Å². The number of aliphatic hydroxyl groups excluding tert-OH is 1. The molecule has 0 saturated carbocycles. The second-order valence-corrected chi connectivity index (χ2v) is 2.84. The van der Waals surface area contributed by atoms with Gasteiger partial charge in [-0.15, -0.1) is 0 Å². The summed E-state index contributed by atoms with van der Waals surface area (Å²) in [7, 11) is 0. The van der Waals surface area contributed by atoms with Gasteiger partial charge in [0.15, 0.2) is 0 Å². The molecule has 0 fully saturated rings. The molecule has 1 aromatic carbocycles. The highest BCUT2D eigenvalue weighted by molar-refractivity contribution is 5.36. The highest BCUT2D eigenvalue weighted by Crippen LogP contribution is 2.31. The van der Waals surface area contributed by atoms with Crippen LogP contribution in [0.25, 0.3) is 0 Å². The Balaban J connectivity index is 2.46. The monoisotopic (exact) mass is 168 g/mol. The maximum Gasteiger partial charge on any atom is 0.128 e. The van der Waals surface area contributed by atoms with Crippen LogP contribution in [-0.2, 0) is 0 Å². The maximum atomic E-state index is 12.7. The molecule has 1 aliphatic rings. The highest BCUT2D eigenvalue weighted by atomic mass is 19.1. The predicted octanol–water partition coefficient (Wildman–Crippen LogP) is 1.64. The second kappa shape index (κ2) is 2.75. The van der Waals surface area contributed by atoms with Crippen LogP contribution in [0.1, 0.15) is 18.1 Å². The Morgan fingerprint density at radius 2 is 2.33 bits per heavy atom. The van der Waals surface area contributed by atoms with E-state index in [-0.39, 0.29) is 5.82 Å². The van der Waals surface area contributed by atoms with Crippen molar-refractivity contribution in [2.24, 2.45) is 0 Å². The summed E-state index contributed by atoms with van der Waals surface area (Å²) >= 11 is 0. The van der Waals surface area contributed by atoms with Crippen molar-refractivity contribution in [3.63, 3.8) is 0 Å². The van der Waals surface area contributed by atoms with Gasteiger partial charge < -0.3 is 9.84 Å². The zero-order valence-corrected chi connectivity index (χ0v) is 6.46. The molecule has 1 atom stereocenters. The fourth-order valence-electron chi connectivity index (χ4n) is 1.34. The van der Waals surface area contributed by atoms with Gasteiger partial charge in [0, 0.05) is 18.1 Å². The number of halogens is 1. The minimum atomic E-state index is -0.505. The fraction of sp³-hybridized carbons (Fsp3) is 0.333. The first kappa shape index (κ1) is 7.55. The lowest BCUT2D eigenvalue weighted by atomic mass is 10.0. The molecule has 12 heavy (non-hydrogen) atoms. The lowest BCUT2D eigenvalue weighted by Gasteiger charge is -2.21. The molecule has 0 saturated heterocycles. The van der Waals surface area contributed by atoms with Crippen LogP contribution >= 0.6 is 0 Å². The molecule has 0 aliphatic carbocycles. The predicted molar refractivity (Wildman–Crippen MR) is 41.5 cm³/mol. The van der Waals surface area contributed by atoms with Crippen LogP contribution in [0, 0.1) is 5.82 Å². The molecule has 0 aromatic heterocycles. The molecule has 1 aliphatic heterocycles. The summed E-state index contributed by atoms with van der Waals surface area (Å²) in [5.74, 6) is 0.136. The molecule has 0 spiro atoms. The molecule has 2 nitrogen and oxygen atoms in total. The van der Waals surface area contributed by atoms with Crippen molar-refractivity contribution in [2.75, 3.05) is 6.61 Å². The molecular formula is C9H9FO2. The first-order chi connectivity index (χ1) is 5.77. The molecule has 2 rings (SSSR count). The number of aliphatic hydroxyl groups is 1. The zero-order chi connectivity index (χ0) is 8.55. The summed E-state index contributed by atoms with van der Waals surface area (Å²) < 4.78 is 17.8. The van der Waals surface area contributed by atoms with E-state index in [1.165, 1.54) is 12.1 Å². The number of rotatable bonds is 0. The molecule has 0 bridgehead atoms. The van der Waals surface area contributed by atoms with Gasteiger partial charge >= 0.3 is 0 Å². The van der Waals surface area contributed by atoms with Crippen molar-refractivity contribution in [1.82, 2.24) is 0 Å². The smallest absolute Gasteiger partial charge is 0.128 e. The largest absolute Gasteiger partial charge is 0.493 e. The van der Waals surface area contributed by atoms with Gasteiger partial charge in [0.05, 0.1) is 12.7 Å². The first-order valence-electron chi connectivity index (χ1n) is 3.87. The van der Waals surface area contributed by atoms with Gasteiger partial charge in [-0.1, -0.05) is 0 Å². The Labute approximate surface area is 69.6 Å². The summed E-state index contributed by atoms with van der Waals surface area (Å²) in [6, 6.07) is 4.20. The first-order valence-corrected chi connectivity index (χ1v) is 3.87. The lowest BCUT2D eigenvalue weighted by Crippen LogP contribution is -2.13. The van der Waals surface area contributed by atoms with Crippen molar-refractivity contribution in [3.05, 3.63) is 29.6 Å². The molecule has 0 radical (unpaired) electrons. The fourth-order valence-corrected chi connectivity index (χ4v) is 1.34. The summed E-state index contributed by atoms with van der Waals surface area (Å²) in [6.07, 6.45) is 0.0767.